The average molecular weight is 266 g/mol. The van der Waals surface area contributed by atoms with Gasteiger partial charge in [-0.3, -0.25) is 10.1 Å². The van der Waals surface area contributed by atoms with Crippen LogP contribution >= 0.6 is 23.5 Å². The largest absolute Gasteiger partial charge is 0.269 e. The molecule has 0 N–H and O–H groups in total. The lowest BCUT2D eigenvalue weighted by atomic mass is 10.1. The van der Waals surface area contributed by atoms with Gasteiger partial charge in [-0.05, 0) is 30.2 Å². The van der Waals surface area contributed by atoms with Crippen LogP contribution in [0.4, 0.5) is 5.69 Å². The number of hydrogen-bond acceptors (Lipinski definition) is 5. The molecule has 0 aromatic heterocycles. The summed E-state index contributed by atoms with van der Waals surface area (Å²) in [6.07, 6.45) is 3.79. The van der Waals surface area contributed by atoms with Gasteiger partial charge >= 0.3 is 0 Å². The molecule has 0 saturated heterocycles. The lowest BCUT2D eigenvalue weighted by Crippen LogP contribution is -1.89. The van der Waals surface area contributed by atoms with E-state index in [2.05, 4.69) is 6.07 Å². The zero-order chi connectivity index (χ0) is 12.8. The molecular weight excluding hydrogens is 256 g/mol. The third kappa shape index (κ3) is 3.25. The van der Waals surface area contributed by atoms with Gasteiger partial charge in [0.25, 0.3) is 5.69 Å². The van der Waals surface area contributed by atoms with Gasteiger partial charge in [0.1, 0.15) is 6.07 Å². The van der Waals surface area contributed by atoms with Crippen molar-refractivity contribution in [2.75, 3.05) is 12.5 Å². The molecule has 6 heteroatoms. The summed E-state index contributed by atoms with van der Waals surface area (Å²) < 4.78 is 0.904. The first-order chi connectivity index (χ1) is 8.13. The maximum atomic E-state index is 10.5. The molecule has 0 atom stereocenters. The van der Waals surface area contributed by atoms with E-state index in [9.17, 15) is 10.1 Å². The minimum absolute atomic E-state index is 0.0286. The van der Waals surface area contributed by atoms with Crippen molar-refractivity contribution in [3.05, 3.63) is 44.2 Å². The highest BCUT2D eigenvalue weighted by Gasteiger charge is 2.10. The maximum Gasteiger partial charge on any atom is 0.269 e. The number of benzene rings is 1. The molecule has 0 spiro atoms. The lowest BCUT2D eigenvalue weighted by molar-refractivity contribution is -0.384. The van der Waals surface area contributed by atoms with E-state index in [1.54, 1.807) is 12.1 Å². The summed E-state index contributed by atoms with van der Waals surface area (Å²) in [5, 5.41) is 19.6. The molecule has 0 fully saturated rings. The van der Waals surface area contributed by atoms with Crippen molar-refractivity contribution in [3.8, 4) is 6.07 Å². The maximum absolute atomic E-state index is 10.5. The van der Waals surface area contributed by atoms with Gasteiger partial charge in [0.15, 0.2) is 0 Å². The van der Waals surface area contributed by atoms with Gasteiger partial charge in [0.2, 0.25) is 0 Å². The summed E-state index contributed by atoms with van der Waals surface area (Å²) in [5.41, 5.74) is 1.29. The zero-order valence-electron chi connectivity index (χ0n) is 9.34. The van der Waals surface area contributed by atoms with Crippen molar-refractivity contribution < 1.29 is 4.92 Å². The van der Waals surface area contributed by atoms with Crippen LogP contribution in [-0.2, 0) is 0 Å². The molecule has 0 bridgehead atoms. The second kappa shape index (κ2) is 6.33. The molecule has 1 aromatic carbocycles. The number of nitro groups is 1. The Balaban J connectivity index is 3.20. The molecule has 88 valence electrons. The molecule has 0 aliphatic rings. The number of nitrogens with zero attached hydrogens (tertiary/aromatic N) is 2. The molecule has 0 aliphatic carbocycles. The van der Waals surface area contributed by atoms with Crippen LogP contribution in [-0.4, -0.2) is 17.4 Å². The van der Waals surface area contributed by atoms with Crippen LogP contribution in [0.5, 0.6) is 0 Å². The van der Waals surface area contributed by atoms with E-state index in [0.29, 0.717) is 11.1 Å². The number of hydrogen-bond donors (Lipinski definition) is 0. The van der Waals surface area contributed by atoms with Crippen LogP contribution in [0.3, 0.4) is 0 Å². The van der Waals surface area contributed by atoms with E-state index in [1.165, 1.54) is 35.7 Å². The summed E-state index contributed by atoms with van der Waals surface area (Å²) in [7, 11) is 0. The van der Waals surface area contributed by atoms with Crippen molar-refractivity contribution >= 4 is 34.8 Å². The van der Waals surface area contributed by atoms with E-state index < -0.39 is 4.92 Å². The molecule has 0 saturated carbocycles. The first-order valence-electron chi connectivity index (χ1n) is 4.61. The molecule has 0 amide bonds. The summed E-state index contributed by atoms with van der Waals surface area (Å²) in [5.74, 6) is 0. The fourth-order valence-corrected chi connectivity index (χ4v) is 2.67. The van der Waals surface area contributed by atoms with Crippen molar-refractivity contribution in [2.24, 2.45) is 0 Å². The minimum atomic E-state index is -0.455. The van der Waals surface area contributed by atoms with Crippen LogP contribution in [0.1, 0.15) is 5.56 Å². The molecule has 17 heavy (non-hydrogen) atoms. The van der Waals surface area contributed by atoms with Crippen LogP contribution < -0.4 is 0 Å². The van der Waals surface area contributed by atoms with Crippen LogP contribution in [0.15, 0.2) is 28.5 Å². The SMILES string of the molecule is CSC(SC)=C(C#N)c1ccc([N+](=O)[O-])cc1. The predicted octanol–water partition coefficient (Wildman–Crippen LogP) is 3.51. The summed E-state index contributed by atoms with van der Waals surface area (Å²) in [6, 6.07) is 8.15. The van der Waals surface area contributed by atoms with Gasteiger partial charge in [-0.1, -0.05) is 0 Å². The van der Waals surface area contributed by atoms with Crippen LogP contribution in [0, 0.1) is 21.4 Å². The smallest absolute Gasteiger partial charge is 0.258 e. The third-order valence-corrected chi connectivity index (χ3v) is 4.20. The zero-order valence-corrected chi connectivity index (χ0v) is 11.0. The van der Waals surface area contributed by atoms with Gasteiger partial charge in [-0.25, -0.2) is 0 Å². The highest BCUT2D eigenvalue weighted by molar-refractivity contribution is 8.21. The average Bonchev–Trinajstić information content (AvgIpc) is 2.36. The molecule has 1 rings (SSSR count). The van der Waals surface area contributed by atoms with Crippen molar-refractivity contribution in [1.29, 1.82) is 5.26 Å². The molecule has 0 aliphatic heterocycles. The van der Waals surface area contributed by atoms with E-state index in [1.807, 2.05) is 12.5 Å². The first-order valence-corrected chi connectivity index (χ1v) is 7.06. The van der Waals surface area contributed by atoms with Gasteiger partial charge in [0.05, 0.1) is 14.7 Å². The Labute approximate surface area is 108 Å². The van der Waals surface area contributed by atoms with Gasteiger partial charge in [-0.15, -0.1) is 23.5 Å². The molecule has 0 radical (unpaired) electrons. The Morgan fingerprint density at radius 2 is 1.82 bits per heavy atom. The predicted molar refractivity (Wildman–Crippen MR) is 72.7 cm³/mol. The minimum Gasteiger partial charge on any atom is -0.258 e. The van der Waals surface area contributed by atoms with Crippen LogP contribution in [0.2, 0.25) is 0 Å². The third-order valence-electron chi connectivity index (χ3n) is 2.05. The van der Waals surface area contributed by atoms with E-state index in [-0.39, 0.29) is 5.69 Å². The Morgan fingerprint density at radius 1 is 1.29 bits per heavy atom. The van der Waals surface area contributed by atoms with Gasteiger partial charge < -0.3 is 0 Å². The topological polar surface area (TPSA) is 66.9 Å². The van der Waals surface area contributed by atoms with Crippen molar-refractivity contribution in [2.45, 2.75) is 0 Å². The summed E-state index contributed by atoms with van der Waals surface area (Å²) >= 11 is 2.99. The Kier molecular flexibility index (Phi) is 5.07. The number of allylic oxidation sites excluding steroid dienone is 1. The number of thioether (sulfide) groups is 2. The van der Waals surface area contributed by atoms with Crippen molar-refractivity contribution in [1.82, 2.24) is 0 Å². The second-order valence-corrected chi connectivity index (χ2v) is 4.88. The summed E-state index contributed by atoms with van der Waals surface area (Å²) in [6.45, 7) is 0. The van der Waals surface area contributed by atoms with E-state index in [4.69, 9.17) is 5.26 Å². The monoisotopic (exact) mass is 266 g/mol. The highest BCUT2D eigenvalue weighted by atomic mass is 32.2. The quantitative estimate of drug-likeness (QED) is 0.474. The normalized spacial score (nSPS) is 9.47. The number of non-ortho nitro benzene ring substituents is 1. The highest BCUT2D eigenvalue weighted by Crippen LogP contribution is 2.33. The van der Waals surface area contributed by atoms with Gasteiger partial charge in [0, 0.05) is 12.1 Å². The van der Waals surface area contributed by atoms with Crippen molar-refractivity contribution in [3.63, 3.8) is 0 Å². The Bertz CT molecular complexity index is 483. The Hall–Kier alpha value is -1.45. The molecule has 1 aromatic rings. The van der Waals surface area contributed by atoms with Gasteiger partial charge in [-0.2, -0.15) is 5.26 Å². The standard InChI is InChI=1S/C11H10N2O2S2/c1-16-11(17-2)10(7-12)8-3-5-9(6-4-8)13(14)15/h3-6H,1-2H3. The second-order valence-electron chi connectivity index (χ2n) is 2.99. The molecular formula is C11H10N2O2S2. The fraction of sp³-hybridized carbons (Fsp3) is 0.182. The van der Waals surface area contributed by atoms with Crippen LogP contribution in [0.25, 0.3) is 5.57 Å². The number of nitriles is 1. The summed E-state index contributed by atoms with van der Waals surface area (Å²) in [4.78, 5) is 10.1. The molecule has 0 heterocycles. The first kappa shape index (κ1) is 13.6. The molecule has 0 unspecified atom stereocenters. The lowest BCUT2D eigenvalue weighted by Gasteiger charge is -2.04. The number of rotatable bonds is 4. The Morgan fingerprint density at radius 3 is 2.18 bits per heavy atom. The van der Waals surface area contributed by atoms with E-state index in [0.717, 1.165) is 4.24 Å². The number of nitro benzene ring substituents is 1. The molecule has 4 nitrogen and oxygen atoms in total. The fourth-order valence-electron chi connectivity index (χ4n) is 1.27. The van der Waals surface area contributed by atoms with E-state index >= 15 is 0 Å².